The lowest BCUT2D eigenvalue weighted by Crippen LogP contribution is -2.35. The van der Waals surface area contributed by atoms with Crippen LogP contribution in [0.2, 0.25) is 0 Å². The van der Waals surface area contributed by atoms with Gasteiger partial charge in [-0.1, -0.05) is 19.3 Å². The maximum absolute atomic E-state index is 12.8. The third kappa shape index (κ3) is 4.64. The summed E-state index contributed by atoms with van der Waals surface area (Å²) in [5.41, 5.74) is 5.92. The van der Waals surface area contributed by atoms with E-state index < -0.39 is 4.92 Å². The summed E-state index contributed by atoms with van der Waals surface area (Å²) in [5.74, 6) is -0.0675. The van der Waals surface area contributed by atoms with Crippen molar-refractivity contribution in [2.24, 2.45) is 11.8 Å². The number of rotatable bonds is 7. The van der Waals surface area contributed by atoms with Crippen LogP contribution in [0.5, 0.6) is 0 Å². The van der Waals surface area contributed by atoms with Crippen LogP contribution in [0.15, 0.2) is 34.7 Å². The highest BCUT2D eigenvalue weighted by atomic mass is 16.6. The van der Waals surface area contributed by atoms with Crippen LogP contribution >= 0.6 is 0 Å². The van der Waals surface area contributed by atoms with Gasteiger partial charge >= 0.3 is 0 Å². The fraction of sp³-hybridized carbons (Fsp3) is 0.429. The molecule has 0 spiro atoms. The van der Waals surface area contributed by atoms with E-state index in [2.05, 4.69) is 5.32 Å². The Bertz CT molecular complexity index is 915. The molecule has 0 bridgehead atoms. The monoisotopic (exact) mass is 399 g/mol. The van der Waals surface area contributed by atoms with Gasteiger partial charge in [0.2, 0.25) is 5.91 Å². The van der Waals surface area contributed by atoms with Gasteiger partial charge in [0.15, 0.2) is 11.5 Å². The lowest BCUT2D eigenvalue weighted by molar-refractivity contribution is -0.383. The number of carbonyl (C=O) groups is 2. The van der Waals surface area contributed by atoms with E-state index in [0.29, 0.717) is 11.3 Å². The van der Waals surface area contributed by atoms with E-state index in [4.69, 9.17) is 10.2 Å². The minimum atomic E-state index is -0.564. The number of hydrogen-bond donors (Lipinski definition) is 2. The SMILES string of the molecule is CNC(=O)[C@@H](CC(=O)c1ccc(-c2ccc(N)c([N+](=O)[O-])c2)o1)C1CCCCC1. The fourth-order valence-corrected chi connectivity index (χ4v) is 3.99. The molecule has 8 nitrogen and oxygen atoms in total. The van der Waals surface area contributed by atoms with Gasteiger partial charge in [-0.15, -0.1) is 0 Å². The average Bonchev–Trinajstić information content (AvgIpc) is 3.22. The Morgan fingerprint density at radius 1 is 1.24 bits per heavy atom. The number of ketones is 1. The van der Waals surface area contributed by atoms with Crippen molar-refractivity contribution in [3.8, 4) is 11.3 Å². The number of Topliss-reactive ketones (excluding diaryl/α,β-unsaturated/α-hetero) is 1. The van der Waals surface area contributed by atoms with Gasteiger partial charge in [0.1, 0.15) is 11.4 Å². The van der Waals surface area contributed by atoms with E-state index >= 15 is 0 Å². The summed E-state index contributed by atoms with van der Waals surface area (Å²) in [5, 5.41) is 13.8. The molecule has 0 aliphatic heterocycles. The maximum Gasteiger partial charge on any atom is 0.292 e. The van der Waals surface area contributed by atoms with Crippen LogP contribution in [0.3, 0.4) is 0 Å². The molecule has 2 aromatic rings. The minimum Gasteiger partial charge on any atom is -0.453 e. The zero-order valence-corrected chi connectivity index (χ0v) is 16.3. The lowest BCUT2D eigenvalue weighted by atomic mass is 9.77. The molecule has 1 aromatic carbocycles. The van der Waals surface area contributed by atoms with Crippen molar-refractivity contribution >= 4 is 23.1 Å². The molecule has 1 amide bonds. The molecule has 1 fully saturated rings. The van der Waals surface area contributed by atoms with E-state index in [1.807, 2.05) is 0 Å². The van der Waals surface area contributed by atoms with Crippen LogP contribution < -0.4 is 11.1 Å². The molecular formula is C21H25N3O5. The summed E-state index contributed by atoms with van der Waals surface area (Å²) >= 11 is 0. The largest absolute Gasteiger partial charge is 0.453 e. The zero-order valence-electron chi connectivity index (χ0n) is 16.3. The number of nitro benzene ring substituents is 1. The van der Waals surface area contributed by atoms with Crippen LogP contribution in [0.25, 0.3) is 11.3 Å². The Kier molecular flexibility index (Phi) is 6.31. The lowest BCUT2D eigenvalue weighted by Gasteiger charge is -2.28. The topological polar surface area (TPSA) is 128 Å². The first-order valence-corrected chi connectivity index (χ1v) is 9.79. The summed E-state index contributed by atoms with van der Waals surface area (Å²) in [7, 11) is 1.58. The summed E-state index contributed by atoms with van der Waals surface area (Å²) in [4.78, 5) is 35.7. The molecule has 0 saturated heterocycles. The van der Waals surface area contributed by atoms with E-state index in [0.717, 1.165) is 25.7 Å². The number of nitrogens with two attached hydrogens (primary N) is 1. The van der Waals surface area contributed by atoms with Crippen LogP contribution in [0.1, 0.15) is 49.1 Å². The third-order valence-corrected chi connectivity index (χ3v) is 5.60. The van der Waals surface area contributed by atoms with E-state index in [1.165, 1.54) is 18.6 Å². The fourth-order valence-electron chi connectivity index (χ4n) is 3.99. The molecule has 3 rings (SSSR count). The van der Waals surface area contributed by atoms with Gasteiger partial charge < -0.3 is 15.5 Å². The molecule has 1 heterocycles. The highest BCUT2D eigenvalue weighted by Crippen LogP contribution is 2.34. The van der Waals surface area contributed by atoms with Crippen molar-refractivity contribution in [3.05, 3.63) is 46.2 Å². The zero-order chi connectivity index (χ0) is 21.0. The number of nitro groups is 1. The predicted octanol–water partition coefficient (Wildman–Crippen LogP) is 3.95. The van der Waals surface area contributed by atoms with Crippen molar-refractivity contribution in [2.45, 2.75) is 38.5 Å². The van der Waals surface area contributed by atoms with Crippen LogP contribution in [0.4, 0.5) is 11.4 Å². The molecule has 0 radical (unpaired) electrons. The van der Waals surface area contributed by atoms with Gasteiger partial charge in [-0.3, -0.25) is 19.7 Å². The van der Waals surface area contributed by atoms with Crippen molar-refractivity contribution in [2.75, 3.05) is 12.8 Å². The molecule has 1 atom stereocenters. The summed E-state index contributed by atoms with van der Waals surface area (Å²) in [6.45, 7) is 0. The Morgan fingerprint density at radius 2 is 1.97 bits per heavy atom. The van der Waals surface area contributed by atoms with Gasteiger partial charge in [-0.2, -0.15) is 0 Å². The molecule has 154 valence electrons. The molecule has 1 aliphatic carbocycles. The van der Waals surface area contributed by atoms with Crippen LogP contribution in [-0.2, 0) is 4.79 Å². The van der Waals surface area contributed by atoms with Crippen molar-refractivity contribution in [1.82, 2.24) is 5.32 Å². The second-order valence-corrected chi connectivity index (χ2v) is 7.44. The van der Waals surface area contributed by atoms with Gasteiger partial charge in [0, 0.05) is 31.0 Å². The molecule has 1 aliphatic rings. The normalized spacial score (nSPS) is 15.6. The first kappa shape index (κ1) is 20.6. The minimum absolute atomic E-state index is 0.0579. The summed E-state index contributed by atoms with van der Waals surface area (Å²) in [6, 6.07) is 7.49. The third-order valence-electron chi connectivity index (χ3n) is 5.60. The standard InChI is InChI=1S/C21H25N3O5/c1-23-21(26)15(13-5-3-2-4-6-13)12-18(25)20-10-9-19(29-20)14-7-8-16(22)17(11-14)24(27)28/h7-11,13,15H,2-6,12,22H2,1H3,(H,23,26)/t15-/m0/s1. The van der Waals surface area contributed by atoms with Gasteiger partial charge in [-0.05, 0) is 43.0 Å². The maximum atomic E-state index is 12.8. The first-order chi connectivity index (χ1) is 13.9. The highest BCUT2D eigenvalue weighted by Gasteiger charge is 2.32. The molecule has 3 N–H and O–H groups in total. The van der Waals surface area contributed by atoms with Crippen LogP contribution in [-0.4, -0.2) is 23.7 Å². The number of benzene rings is 1. The average molecular weight is 399 g/mol. The molecular weight excluding hydrogens is 374 g/mol. The molecule has 1 aromatic heterocycles. The second kappa shape index (κ2) is 8.89. The quantitative estimate of drug-likeness (QED) is 0.314. The Hall–Kier alpha value is -3.16. The molecule has 29 heavy (non-hydrogen) atoms. The Labute approximate surface area is 168 Å². The smallest absolute Gasteiger partial charge is 0.292 e. The van der Waals surface area contributed by atoms with Crippen molar-refractivity contribution < 1.29 is 18.9 Å². The van der Waals surface area contributed by atoms with E-state index in [1.54, 1.807) is 25.2 Å². The van der Waals surface area contributed by atoms with Crippen LogP contribution in [0, 0.1) is 22.0 Å². The number of amides is 1. The molecule has 8 heteroatoms. The number of nitrogens with zero attached hydrogens (tertiary/aromatic N) is 1. The van der Waals surface area contributed by atoms with Crippen molar-refractivity contribution in [1.29, 1.82) is 0 Å². The number of furan rings is 1. The van der Waals surface area contributed by atoms with Gasteiger partial charge in [0.05, 0.1) is 4.92 Å². The Balaban J connectivity index is 1.78. The predicted molar refractivity (Wildman–Crippen MR) is 108 cm³/mol. The number of nitrogens with one attached hydrogen (secondary N) is 1. The summed E-state index contributed by atoms with van der Waals surface area (Å²) < 4.78 is 5.66. The summed E-state index contributed by atoms with van der Waals surface area (Å²) in [6.07, 6.45) is 5.30. The van der Waals surface area contributed by atoms with E-state index in [-0.39, 0.29) is 47.1 Å². The first-order valence-electron chi connectivity index (χ1n) is 9.79. The number of anilines is 1. The molecule has 1 saturated carbocycles. The van der Waals surface area contributed by atoms with Gasteiger partial charge in [0.25, 0.3) is 5.69 Å². The number of hydrogen-bond acceptors (Lipinski definition) is 6. The number of carbonyl (C=O) groups excluding carboxylic acids is 2. The van der Waals surface area contributed by atoms with Gasteiger partial charge in [-0.25, -0.2) is 0 Å². The second-order valence-electron chi connectivity index (χ2n) is 7.44. The van der Waals surface area contributed by atoms with Crippen molar-refractivity contribution in [3.63, 3.8) is 0 Å². The number of nitrogen functional groups attached to an aromatic ring is 1. The highest BCUT2D eigenvalue weighted by molar-refractivity contribution is 5.97. The molecule has 0 unspecified atom stereocenters. The van der Waals surface area contributed by atoms with E-state index in [9.17, 15) is 19.7 Å². The Morgan fingerprint density at radius 3 is 2.62 bits per heavy atom.